The predicted molar refractivity (Wildman–Crippen MR) is 75.8 cm³/mol. The molecule has 20 heavy (non-hydrogen) atoms. The number of carbonyl (C=O) groups excluding carboxylic acids is 1. The molecule has 3 rings (SSSR count). The van der Waals surface area contributed by atoms with E-state index in [2.05, 4.69) is 0 Å². The van der Waals surface area contributed by atoms with Crippen LogP contribution in [-0.2, 0) is 13.1 Å². The van der Waals surface area contributed by atoms with Gasteiger partial charge in [-0.3, -0.25) is 4.79 Å². The van der Waals surface area contributed by atoms with E-state index >= 15 is 0 Å². The lowest BCUT2D eigenvalue weighted by Crippen LogP contribution is -2.26. The molecule has 102 valence electrons. The van der Waals surface area contributed by atoms with Gasteiger partial charge in [-0.15, -0.1) is 0 Å². The minimum absolute atomic E-state index is 0.0741. The molecule has 1 amide bonds. The summed E-state index contributed by atoms with van der Waals surface area (Å²) in [5, 5.41) is 0.130. The van der Waals surface area contributed by atoms with Gasteiger partial charge in [0, 0.05) is 18.8 Å². The van der Waals surface area contributed by atoms with Crippen LogP contribution in [0.5, 0.6) is 0 Å². The van der Waals surface area contributed by atoms with Gasteiger partial charge in [-0.2, -0.15) is 0 Å². The maximum atomic E-state index is 13.8. The minimum atomic E-state index is -0.599. The van der Waals surface area contributed by atoms with E-state index in [1.165, 1.54) is 18.2 Å². The fourth-order valence-electron chi connectivity index (χ4n) is 2.42. The van der Waals surface area contributed by atoms with Crippen molar-refractivity contribution in [3.05, 3.63) is 63.9 Å². The number of nitrogens with two attached hydrogens (primary N) is 1. The van der Waals surface area contributed by atoms with Crippen molar-refractivity contribution in [1.29, 1.82) is 0 Å². The van der Waals surface area contributed by atoms with Crippen LogP contribution in [0.3, 0.4) is 0 Å². The molecular formula is C15H12ClFN2O. The van der Waals surface area contributed by atoms with Crippen LogP contribution in [0, 0.1) is 5.82 Å². The molecule has 2 aromatic carbocycles. The molecule has 1 aliphatic heterocycles. The third-order valence-corrected chi connectivity index (χ3v) is 3.73. The molecule has 0 unspecified atom stereocenters. The molecule has 0 radical (unpaired) electrons. The second-order valence-corrected chi connectivity index (χ2v) is 5.19. The normalized spacial score (nSPS) is 13.4. The van der Waals surface area contributed by atoms with Crippen LogP contribution in [0.1, 0.15) is 21.5 Å². The Hall–Kier alpha value is -2.07. The van der Waals surface area contributed by atoms with Gasteiger partial charge in [-0.05, 0) is 35.4 Å². The van der Waals surface area contributed by atoms with Gasteiger partial charge in [0.05, 0.1) is 10.6 Å². The van der Waals surface area contributed by atoms with Crippen molar-refractivity contribution in [2.45, 2.75) is 13.1 Å². The van der Waals surface area contributed by atoms with E-state index in [-0.39, 0.29) is 10.6 Å². The second-order valence-electron chi connectivity index (χ2n) is 4.79. The molecule has 0 aromatic heterocycles. The molecule has 3 nitrogen and oxygen atoms in total. The summed E-state index contributed by atoms with van der Waals surface area (Å²) in [5.41, 5.74) is 8.33. The SMILES string of the molecule is Nc1ccc2c(c1)CN(C(=O)c1c(F)cccc1Cl)C2. The first-order valence-corrected chi connectivity index (χ1v) is 6.54. The first-order valence-electron chi connectivity index (χ1n) is 6.17. The van der Waals surface area contributed by atoms with E-state index < -0.39 is 11.7 Å². The Kier molecular flexibility index (Phi) is 3.10. The smallest absolute Gasteiger partial charge is 0.258 e. The number of hydrogen-bond acceptors (Lipinski definition) is 2. The van der Waals surface area contributed by atoms with Gasteiger partial charge in [0.2, 0.25) is 0 Å². The molecule has 0 atom stereocenters. The third kappa shape index (κ3) is 2.12. The van der Waals surface area contributed by atoms with Crippen LogP contribution >= 0.6 is 11.6 Å². The van der Waals surface area contributed by atoms with Crippen molar-refractivity contribution in [3.8, 4) is 0 Å². The first-order chi connectivity index (χ1) is 9.56. The average molecular weight is 291 g/mol. The molecular weight excluding hydrogens is 279 g/mol. The number of amides is 1. The lowest BCUT2D eigenvalue weighted by molar-refractivity contribution is 0.0747. The van der Waals surface area contributed by atoms with Crippen molar-refractivity contribution in [2.75, 3.05) is 5.73 Å². The molecule has 0 saturated heterocycles. The Morgan fingerprint density at radius 3 is 2.70 bits per heavy atom. The van der Waals surface area contributed by atoms with Crippen LogP contribution in [0.15, 0.2) is 36.4 Å². The van der Waals surface area contributed by atoms with Gasteiger partial charge in [0.1, 0.15) is 5.82 Å². The molecule has 0 fully saturated rings. The third-order valence-electron chi connectivity index (χ3n) is 3.42. The highest BCUT2D eigenvalue weighted by Gasteiger charge is 2.27. The zero-order valence-corrected chi connectivity index (χ0v) is 11.3. The molecule has 0 saturated carbocycles. The molecule has 2 aromatic rings. The van der Waals surface area contributed by atoms with Crippen molar-refractivity contribution < 1.29 is 9.18 Å². The number of carbonyl (C=O) groups is 1. The number of anilines is 1. The molecule has 5 heteroatoms. The van der Waals surface area contributed by atoms with Crippen molar-refractivity contribution in [3.63, 3.8) is 0 Å². The van der Waals surface area contributed by atoms with Gasteiger partial charge in [-0.25, -0.2) is 4.39 Å². The molecule has 0 bridgehead atoms. The summed E-state index contributed by atoms with van der Waals surface area (Å²) in [7, 11) is 0. The lowest BCUT2D eigenvalue weighted by atomic mass is 10.1. The highest BCUT2D eigenvalue weighted by atomic mass is 35.5. The fraction of sp³-hybridized carbons (Fsp3) is 0.133. The van der Waals surface area contributed by atoms with Crippen molar-refractivity contribution in [2.24, 2.45) is 0 Å². The summed E-state index contributed by atoms with van der Waals surface area (Å²) >= 11 is 5.93. The number of rotatable bonds is 1. The zero-order chi connectivity index (χ0) is 14.3. The summed E-state index contributed by atoms with van der Waals surface area (Å²) < 4.78 is 13.8. The van der Waals surface area contributed by atoms with Crippen LogP contribution in [-0.4, -0.2) is 10.8 Å². The van der Waals surface area contributed by atoms with Crippen molar-refractivity contribution in [1.82, 2.24) is 4.90 Å². The van der Waals surface area contributed by atoms with E-state index in [1.807, 2.05) is 12.1 Å². The van der Waals surface area contributed by atoms with E-state index in [9.17, 15) is 9.18 Å². The first kappa shape index (κ1) is 12.9. The average Bonchev–Trinajstić information content (AvgIpc) is 2.81. The predicted octanol–water partition coefficient (Wildman–Crippen LogP) is 3.22. The van der Waals surface area contributed by atoms with E-state index in [0.717, 1.165) is 11.1 Å². The molecule has 1 heterocycles. The number of halogens is 2. The van der Waals surface area contributed by atoms with Crippen LogP contribution in [0.2, 0.25) is 5.02 Å². The summed E-state index contributed by atoms with van der Waals surface area (Å²) in [6.45, 7) is 0.864. The Morgan fingerprint density at radius 2 is 1.95 bits per heavy atom. The van der Waals surface area contributed by atoms with Crippen molar-refractivity contribution >= 4 is 23.2 Å². The number of nitrogen functional groups attached to an aromatic ring is 1. The van der Waals surface area contributed by atoms with Gasteiger partial charge in [0.15, 0.2) is 0 Å². The summed E-state index contributed by atoms with van der Waals surface area (Å²) in [5.74, 6) is -0.999. The molecule has 1 aliphatic rings. The zero-order valence-electron chi connectivity index (χ0n) is 10.6. The standard InChI is InChI=1S/C15H12ClFN2O/c16-12-2-1-3-13(17)14(12)15(20)19-7-9-4-5-11(18)6-10(9)8-19/h1-6H,7-8,18H2. The summed E-state index contributed by atoms with van der Waals surface area (Å²) in [6, 6.07) is 9.75. The Bertz CT molecular complexity index is 682. The molecule has 0 aliphatic carbocycles. The number of nitrogens with zero attached hydrogens (tertiary/aromatic N) is 1. The van der Waals surface area contributed by atoms with Gasteiger partial charge >= 0.3 is 0 Å². The Balaban J connectivity index is 1.91. The number of hydrogen-bond donors (Lipinski definition) is 1. The highest BCUT2D eigenvalue weighted by Crippen LogP contribution is 2.28. The topological polar surface area (TPSA) is 46.3 Å². The fourth-order valence-corrected chi connectivity index (χ4v) is 2.66. The highest BCUT2D eigenvalue weighted by molar-refractivity contribution is 6.33. The summed E-state index contributed by atoms with van der Waals surface area (Å²) in [6.07, 6.45) is 0. The largest absolute Gasteiger partial charge is 0.399 e. The second kappa shape index (κ2) is 4.80. The number of fused-ring (bicyclic) bond motifs is 1. The Morgan fingerprint density at radius 1 is 1.20 bits per heavy atom. The van der Waals surface area contributed by atoms with E-state index in [1.54, 1.807) is 11.0 Å². The summed E-state index contributed by atoms with van der Waals surface area (Å²) in [4.78, 5) is 14.0. The van der Waals surface area contributed by atoms with E-state index in [4.69, 9.17) is 17.3 Å². The van der Waals surface area contributed by atoms with Gasteiger partial charge < -0.3 is 10.6 Å². The number of benzene rings is 2. The maximum Gasteiger partial charge on any atom is 0.258 e. The van der Waals surface area contributed by atoms with Gasteiger partial charge in [-0.1, -0.05) is 23.7 Å². The molecule has 2 N–H and O–H groups in total. The molecule has 0 spiro atoms. The lowest BCUT2D eigenvalue weighted by Gasteiger charge is -2.16. The minimum Gasteiger partial charge on any atom is -0.399 e. The van der Waals surface area contributed by atoms with Crippen LogP contribution < -0.4 is 5.73 Å². The van der Waals surface area contributed by atoms with Crippen LogP contribution in [0.25, 0.3) is 0 Å². The Labute approximate surface area is 120 Å². The van der Waals surface area contributed by atoms with Crippen LogP contribution in [0.4, 0.5) is 10.1 Å². The maximum absolute atomic E-state index is 13.8. The van der Waals surface area contributed by atoms with E-state index in [0.29, 0.717) is 18.8 Å². The van der Waals surface area contributed by atoms with Gasteiger partial charge in [0.25, 0.3) is 5.91 Å². The quantitative estimate of drug-likeness (QED) is 0.820. The monoisotopic (exact) mass is 290 g/mol.